The lowest BCUT2D eigenvalue weighted by Crippen LogP contribution is -2.37. The van der Waals surface area contributed by atoms with Gasteiger partial charge in [-0.1, -0.05) is 26.8 Å². The van der Waals surface area contributed by atoms with Gasteiger partial charge in [-0.15, -0.1) is 0 Å². The van der Waals surface area contributed by atoms with Crippen LogP contribution in [-0.2, 0) is 24.9 Å². The Morgan fingerprint density at radius 2 is 2.17 bits per heavy atom. The van der Waals surface area contributed by atoms with Gasteiger partial charge in [0.05, 0.1) is 11.3 Å². The first-order valence-corrected chi connectivity index (χ1v) is 7.89. The molecule has 0 amide bonds. The van der Waals surface area contributed by atoms with E-state index in [1.165, 1.54) is 0 Å². The Kier molecular flexibility index (Phi) is 3.93. The highest BCUT2D eigenvalue weighted by atomic mass is 16.1. The molecule has 122 valence electrons. The quantitative estimate of drug-likeness (QED) is 0.879. The minimum absolute atomic E-state index is 0.0243. The van der Waals surface area contributed by atoms with E-state index in [4.69, 9.17) is 5.73 Å². The summed E-state index contributed by atoms with van der Waals surface area (Å²) in [5, 5.41) is 0. The lowest BCUT2D eigenvalue weighted by atomic mass is 9.95. The third-order valence-electron chi connectivity index (χ3n) is 4.18. The van der Waals surface area contributed by atoms with Gasteiger partial charge in [0, 0.05) is 43.2 Å². The first-order chi connectivity index (χ1) is 10.8. The van der Waals surface area contributed by atoms with E-state index in [1.807, 2.05) is 12.1 Å². The van der Waals surface area contributed by atoms with E-state index >= 15 is 0 Å². The van der Waals surface area contributed by atoms with Crippen molar-refractivity contribution in [2.75, 3.05) is 12.3 Å². The highest BCUT2D eigenvalue weighted by molar-refractivity contribution is 5.38. The Morgan fingerprint density at radius 1 is 1.39 bits per heavy atom. The van der Waals surface area contributed by atoms with Crippen LogP contribution in [0.4, 0.5) is 5.82 Å². The molecular formula is C17H23N5O. The van der Waals surface area contributed by atoms with Gasteiger partial charge in [0.25, 0.3) is 5.56 Å². The second-order valence-electron chi connectivity index (χ2n) is 7.10. The molecule has 1 aliphatic rings. The van der Waals surface area contributed by atoms with E-state index in [-0.39, 0.29) is 11.0 Å². The van der Waals surface area contributed by atoms with E-state index in [1.54, 1.807) is 6.20 Å². The summed E-state index contributed by atoms with van der Waals surface area (Å²) < 4.78 is 0. The molecule has 2 aromatic rings. The van der Waals surface area contributed by atoms with Crippen LogP contribution >= 0.6 is 0 Å². The van der Waals surface area contributed by atoms with E-state index in [0.717, 1.165) is 35.6 Å². The van der Waals surface area contributed by atoms with Gasteiger partial charge in [-0.3, -0.25) is 9.69 Å². The first kappa shape index (κ1) is 15.7. The fraction of sp³-hybridized carbons (Fsp3) is 0.471. The molecule has 0 saturated heterocycles. The largest absolute Gasteiger partial charge is 0.383 e. The van der Waals surface area contributed by atoms with Crippen molar-refractivity contribution in [1.29, 1.82) is 0 Å². The number of fused-ring (bicyclic) bond motifs is 1. The number of hydrogen-bond acceptors (Lipinski definition) is 5. The molecule has 0 fully saturated rings. The summed E-state index contributed by atoms with van der Waals surface area (Å²) in [5.41, 5.74) is 8.42. The van der Waals surface area contributed by atoms with E-state index in [2.05, 4.69) is 40.6 Å². The predicted octanol–water partition coefficient (Wildman–Crippen LogP) is 1.60. The summed E-state index contributed by atoms with van der Waals surface area (Å²) in [7, 11) is 0. The summed E-state index contributed by atoms with van der Waals surface area (Å²) in [6.45, 7) is 8.31. The van der Waals surface area contributed by atoms with Gasteiger partial charge in [0.15, 0.2) is 0 Å². The molecule has 0 aromatic carbocycles. The lowest BCUT2D eigenvalue weighted by Gasteiger charge is -2.29. The van der Waals surface area contributed by atoms with Gasteiger partial charge in [0.1, 0.15) is 11.6 Å². The van der Waals surface area contributed by atoms with Gasteiger partial charge >= 0.3 is 0 Å². The van der Waals surface area contributed by atoms with Crippen molar-refractivity contribution in [3.05, 3.63) is 51.3 Å². The average Bonchev–Trinajstić information content (AvgIpc) is 2.49. The maximum absolute atomic E-state index is 12.4. The molecule has 2 aromatic heterocycles. The molecule has 0 aliphatic carbocycles. The lowest BCUT2D eigenvalue weighted by molar-refractivity contribution is 0.241. The Balaban J connectivity index is 1.84. The molecule has 23 heavy (non-hydrogen) atoms. The van der Waals surface area contributed by atoms with Crippen LogP contribution in [0, 0.1) is 0 Å². The normalized spacial score (nSPS) is 15.4. The molecule has 6 nitrogen and oxygen atoms in total. The van der Waals surface area contributed by atoms with Crippen molar-refractivity contribution in [3.8, 4) is 0 Å². The number of rotatable bonds is 2. The van der Waals surface area contributed by atoms with E-state index < -0.39 is 0 Å². The summed E-state index contributed by atoms with van der Waals surface area (Å²) in [5.74, 6) is 1.31. The highest BCUT2D eigenvalue weighted by Crippen LogP contribution is 2.21. The van der Waals surface area contributed by atoms with Gasteiger partial charge in [0.2, 0.25) is 0 Å². The number of pyridine rings is 1. The number of nitrogens with zero attached hydrogens (tertiary/aromatic N) is 3. The third-order valence-corrected chi connectivity index (χ3v) is 4.18. The molecule has 6 heteroatoms. The van der Waals surface area contributed by atoms with Crippen LogP contribution < -0.4 is 11.3 Å². The maximum Gasteiger partial charge on any atom is 0.255 e. The molecule has 3 rings (SSSR count). The van der Waals surface area contributed by atoms with Crippen molar-refractivity contribution in [2.24, 2.45) is 0 Å². The zero-order chi connectivity index (χ0) is 16.6. The third kappa shape index (κ3) is 3.27. The molecule has 0 unspecified atom stereocenters. The van der Waals surface area contributed by atoms with Gasteiger partial charge in [-0.05, 0) is 6.07 Å². The Bertz CT molecular complexity index is 775. The number of hydrogen-bond donors (Lipinski definition) is 2. The maximum atomic E-state index is 12.4. The van der Waals surface area contributed by atoms with Crippen LogP contribution in [0.1, 0.15) is 43.4 Å². The summed E-state index contributed by atoms with van der Waals surface area (Å²) in [6.07, 6.45) is 2.47. The standard InChI is InChI=1S/C17H23N5O/c1-17(2,3)16-20-13-6-8-22(10-12(13)15(23)21-16)9-11-5-4-7-19-14(11)18/h4-5,7H,6,8-10H2,1-3H3,(H2,18,19)(H,20,21,23). The van der Waals surface area contributed by atoms with Crippen molar-refractivity contribution in [3.63, 3.8) is 0 Å². The zero-order valence-electron chi connectivity index (χ0n) is 13.9. The number of nitrogen functional groups attached to an aromatic ring is 1. The molecule has 3 heterocycles. The van der Waals surface area contributed by atoms with Crippen LogP contribution in [0.25, 0.3) is 0 Å². The number of aromatic nitrogens is 3. The number of H-pyrrole nitrogens is 1. The topological polar surface area (TPSA) is 87.9 Å². The number of nitrogens with two attached hydrogens (primary N) is 1. The highest BCUT2D eigenvalue weighted by Gasteiger charge is 2.25. The Labute approximate surface area is 135 Å². The average molecular weight is 313 g/mol. The van der Waals surface area contributed by atoms with Crippen molar-refractivity contribution in [2.45, 2.75) is 45.7 Å². The molecule has 0 spiro atoms. The fourth-order valence-corrected chi connectivity index (χ4v) is 2.80. The smallest absolute Gasteiger partial charge is 0.255 e. The molecule has 0 saturated carbocycles. The summed E-state index contributed by atoms with van der Waals surface area (Å²) in [6, 6.07) is 3.86. The minimum Gasteiger partial charge on any atom is -0.383 e. The summed E-state index contributed by atoms with van der Waals surface area (Å²) >= 11 is 0. The Hall–Kier alpha value is -2.21. The van der Waals surface area contributed by atoms with Crippen molar-refractivity contribution >= 4 is 5.82 Å². The number of aromatic amines is 1. The van der Waals surface area contributed by atoms with Crippen LogP contribution in [0.2, 0.25) is 0 Å². The van der Waals surface area contributed by atoms with Crippen LogP contribution in [0.3, 0.4) is 0 Å². The van der Waals surface area contributed by atoms with E-state index in [0.29, 0.717) is 18.9 Å². The van der Waals surface area contributed by atoms with Crippen molar-refractivity contribution < 1.29 is 0 Å². The predicted molar refractivity (Wildman–Crippen MR) is 90.0 cm³/mol. The monoisotopic (exact) mass is 313 g/mol. The van der Waals surface area contributed by atoms with Crippen LogP contribution in [0.5, 0.6) is 0 Å². The Morgan fingerprint density at radius 3 is 2.87 bits per heavy atom. The van der Waals surface area contributed by atoms with Gasteiger partial charge in [-0.25, -0.2) is 9.97 Å². The van der Waals surface area contributed by atoms with Gasteiger partial charge in [-0.2, -0.15) is 0 Å². The molecule has 3 N–H and O–H groups in total. The number of nitrogens with one attached hydrogen (secondary N) is 1. The zero-order valence-corrected chi connectivity index (χ0v) is 13.9. The number of anilines is 1. The van der Waals surface area contributed by atoms with Gasteiger partial charge < -0.3 is 10.7 Å². The fourth-order valence-electron chi connectivity index (χ4n) is 2.80. The van der Waals surface area contributed by atoms with Crippen LogP contribution in [-0.4, -0.2) is 26.4 Å². The minimum atomic E-state index is -0.157. The molecule has 1 aliphatic heterocycles. The van der Waals surface area contributed by atoms with Crippen molar-refractivity contribution in [1.82, 2.24) is 19.9 Å². The van der Waals surface area contributed by atoms with E-state index in [9.17, 15) is 4.79 Å². The molecule has 0 atom stereocenters. The molecule has 0 radical (unpaired) electrons. The summed E-state index contributed by atoms with van der Waals surface area (Å²) in [4.78, 5) is 26.4. The molecular weight excluding hydrogens is 290 g/mol. The first-order valence-electron chi connectivity index (χ1n) is 7.89. The molecule has 0 bridgehead atoms. The van der Waals surface area contributed by atoms with Crippen LogP contribution in [0.15, 0.2) is 23.1 Å². The SMILES string of the molecule is CC(C)(C)c1nc2c(c(=O)[nH]1)CN(Cc1cccnc1N)CC2. The second kappa shape index (κ2) is 5.77. The second-order valence-corrected chi connectivity index (χ2v) is 7.10.